The number of likely N-dealkylation sites (tertiary alicyclic amines) is 1. The van der Waals surface area contributed by atoms with E-state index < -0.39 is 17.6 Å². The first kappa shape index (κ1) is 24.2. The fourth-order valence-electron chi connectivity index (χ4n) is 4.56. The fraction of sp³-hybridized carbons (Fsp3) is 0.185. The summed E-state index contributed by atoms with van der Waals surface area (Å²) < 4.78 is 41.1. The van der Waals surface area contributed by atoms with Crippen molar-refractivity contribution in [3.8, 4) is 11.3 Å². The molecule has 0 saturated carbocycles. The van der Waals surface area contributed by atoms with Gasteiger partial charge in [-0.15, -0.1) is 0 Å². The molecular formula is C27H22F3N5O2. The Labute approximate surface area is 210 Å². The number of halogens is 3. The van der Waals surface area contributed by atoms with Crippen LogP contribution in [0.15, 0.2) is 79.5 Å². The standard InChI is InChI=1S/C27H22F3N5O2/c1-2-23(36)34-15-13-19(16-34)35-25-20(24(33-35)17-9-11-18(12-10-17)27(28,29)30)6-5-7-21(25)26(37)32-22-8-3-4-14-31-22/h2-12,14,19H,1,13,15-16H2,(H,31,32,37). The summed E-state index contributed by atoms with van der Waals surface area (Å²) >= 11 is 0. The van der Waals surface area contributed by atoms with Gasteiger partial charge in [0.05, 0.1) is 22.7 Å². The minimum Gasteiger partial charge on any atom is -0.337 e. The van der Waals surface area contributed by atoms with Crippen LogP contribution in [-0.4, -0.2) is 44.6 Å². The number of amides is 2. The Bertz CT molecular complexity index is 1480. The Morgan fingerprint density at radius 3 is 2.51 bits per heavy atom. The minimum atomic E-state index is -4.46. The normalized spacial score (nSPS) is 15.6. The molecule has 1 saturated heterocycles. The second-order valence-corrected chi connectivity index (χ2v) is 8.67. The SMILES string of the molecule is C=CC(=O)N1CCC(n2nc(-c3ccc(C(F)(F)F)cc3)c3cccc(C(=O)Nc4ccccn4)c32)C1. The van der Waals surface area contributed by atoms with Crippen molar-refractivity contribution in [2.24, 2.45) is 0 Å². The van der Waals surface area contributed by atoms with Crippen LogP contribution in [0.5, 0.6) is 0 Å². The van der Waals surface area contributed by atoms with Crippen molar-refractivity contribution in [1.29, 1.82) is 0 Å². The van der Waals surface area contributed by atoms with Crippen molar-refractivity contribution in [1.82, 2.24) is 19.7 Å². The Hall–Kier alpha value is -4.47. The Balaban J connectivity index is 1.62. The highest BCUT2D eigenvalue weighted by Crippen LogP contribution is 2.36. The van der Waals surface area contributed by atoms with E-state index in [0.29, 0.717) is 53.1 Å². The van der Waals surface area contributed by atoms with Gasteiger partial charge in [-0.3, -0.25) is 14.3 Å². The molecule has 188 valence electrons. The van der Waals surface area contributed by atoms with Crippen molar-refractivity contribution >= 4 is 28.5 Å². The molecule has 2 aromatic carbocycles. The first-order chi connectivity index (χ1) is 17.8. The van der Waals surface area contributed by atoms with Crippen molar-refractivity contribution in [3.63, 3.8) is 0 Å². The molecule has 2 amide bonds. The number of rotatable bonds is 5. The third-order valence-electron chi connectivity index (χ3n) is 6.36. The lowest BCUT2D eigenvalue weighted by atomic mass is 10.0. The molecule has 4 aromatic rings. The van der Waals surface area contributed by atoms with Crippen molar-refractivity contribution in [2.45, 2.75) is 18.6 Å². The summed E-state index contributed by atoms with van der Waals surface area (Å²) in [6.45, 7) is 4.41. The van der Waals surface area contributed by atoms with Gasteiger partial charge in [0.25, 0.3) is 5.91 Å². The summed E-state index contributed by atoms with van der Waals surface area (Å²) in [5.74, 6) is -0.223. The van der Waals surface area contributed by atoms with Gasteiger partial charge in [-0.1, -0.05) is 36.9 Å². The Morgan fingerprint density at radius 1 is 1.05 bits per heavy atom. The molecule has 1 atom stereocenters. The van der Waals surface area contributed by atoms with Crippen LogP contribution in [0.3, 0.4) is 0 Å². The van der Waals surface area contributed by atoms with E-state index in [2.05, 4.69) is 16.9 Å². The summed E-state index contributed by atoms with van der Waals surface area (Å²) in [5, 5.41) is 8.18. The predicted molar refractivity (Wildman–Crippen MR) is 133 cm³/mol. The van der Waals surface area contributed by atoms with Gasteiger partial charge >= 0.3 is 6.18 Å². The van der Waals surface area contributed by atoms with Crippen LogP contribution in [0.4, 0.5) is 19.0 Å². The second-order valence-electron chi connectivity index (χ2n) is 8.67. The van der Waals surface area contributed by atoms with Gasteiger partial charge in [-0.25, -0.2) is 4.98 Å². The second kappa shape index (κ2) is 9.53. The van der Waals surface area contributed by atoms with Gasteiger partial charge in [-0.05, 0) is 42.8 Å². The van der Waals surface area contributed by atoms with Gasteiger partial charge < -0.3 is 10.2 Å². The number of carbonyl (C=O) groups excluding carboxylic acids is 2. The zero-order valence-electron chi connectivity index (χ0n) is 19.6. The molecule has 0 spiro atoms. The van der Waals surface area contributed by atoms with Crippen LogP contribution in [0.1, 0.15) is 28.4 Å². The minimum absolute atomic E-state index is 0.199. The number of nitrogens with one attached hydrogen (secondary N) is 1. The number of nitrogens with zero attached hydrogens (tertiary/aromatic N) is 4. The summed E-state index contributed by atoms with van der Waals surface area (Å²) in [5.41, 5.74) is 1.04. The van der Waals surface area contributed by atoms with E-state index >= 15 is 0 Å². The van der Waals surface area contributed by atoms with Gasteiger partial charge in [-0.2, -0.15) is 18.3 Å². The monoisotopic (exact) mass is 505 g/mol. The smallest absolute Gasteiger partial charge is 0.337 e. The number of hydrogen-bond donors (Lipinski definition) is 1. The molecule has 10 heteroatoms. The lowest BCUT2D eigenvalue weighted by Crippen LogP contribution is -2.27. The van der Waals surface area contributed by atoms with E-state index in [4.69, 9.17) is 5.10 Å². The molecule has 1 N–H and O–H groups in total. The van der Waals surface area contributed by atoms with E-state index in [1.165, 1.54) is 18.2 Å². The third kappa shape index (κ3) is 4.69. The number of fused-ring (bicyclic) bond motifs is 1. The molecule has 7 nitrogen and oxygen atoms in total. The predicted octanol–water partition coefficient (Wildman–Crippen LogP) is 5.33. The highest BCUT2D eigenvalue weighted by Gasteiger charge is 2.32. The molecule has 37 heavy (non-hydrogen) atoms. The Morgan fingerprint density at radius 2 is 1.84 bits per heavy atom. The van der Waals surface area contributed by atoms with Crippen molar-refractivity contribution in [3.05, 3.63) is 90.6 Å². The molecule has 5 rings (SSSR count). The third-order valence-corrected chi connectivity index (χ3v) is 6.36. The number of alkyl halides is 3. The lowest BCUT2D eigenvalue weighted by molar-refractivity contribution is -0.137. The lowest BCUT2D eigenvalue weighted by Gasteiger charge is -2.16. The topological polar surface area (TPSA) is 80.1 Å². The summed E-state index contributed by atoms with van der Waals surface area (Å²) in [7, 11) is 0. The molecule has 0 radical (unpaired) electrons. The zero-order valence-corrected chi connectivity index (χ0v) is 19.6. The molecule has 3 heterocycles. The molecule has 2 aromatic heterocycles. The largest absolute Gasteiger partial charge is 0.416 e. The zero-order chi connectivity index (χ0) is 26.2. The van der Waals surface area contributed by atoms with Gasteiger partial charge in [0.15, 0.2) is 0 Å². The maximum atomic E-state index is 13.3. The first-order valence-electron chi connectivity index (χ1n) is 11.6. The van der Waals surface area contributed by atoms with E-state index in [1.54, 1.807) is 52.2 Å². The van der Waals surface area contributed by atoms with Gasteiger partial charge in [0, 0.05) is 30.2 Å². The quantitative estimate of drug-likeness (QED) is 0.372. The number of anilines is 1. The molecule has 1 fully saturated rings. The fourth-order valence-corrected chi connectivity index (χ4v) is 4.56. The number of aromatic nitrogens is 3. The number of carbonyl (C=O) groups is 2. The van der Waals surface area contributed by atoms with Gasteiger partial charge in [0.1, 0.15) is 11.5 Å². The van der Waals surface area contributed by atoms with E-state index in [0.717, 1.165) is 12.1 Å². The molecule has 0 aliphatic carbocycles. The number of pyridine rings is 1. The average Bonchev–Trinajstić information content (AvgIpc) is 3.54. The first-order valence-corrected chi connectivity index (χ1v) is 11.6. The molecule has 0 bridgehead atoms. The molecule has 1 aliphatic rings. The maximum absolute atomic E-state index is 13.3. The van der Waals surface area contributed by atoms with Crippen molar-refractivity contribution < 1.29 is 22.8 Å². The van der Waals surface area contributed by atoms with Crippen LogP contribution in [0.25, 0.3) is 22.2 Å². The summed E-state index contributed by atoms with van der Waals surface area (Å²) in [6, 6.07) is 14.8. The number of hydrogen-bond acceptors (Lipinski definition) is 4. The van der Waals surface area contributed by atoms with Crippen LogP contribution in [-0.2, 0) is 11.0 Å². The molecular weight excluding hydrogens is 483 g/mol. The van der Waals surface area contributed by atoms with E-state index in [1.807, 2.05) is 0 Å². The van der Waals surface area contributed by atoms with Gasteiger partial charge in [0.2, 0.25) is 5.91 Å². The van der Waals surface area contributed by atoms with Crippen LogP contribution < -0.4 is 5.32 Å². The van der Waals surface area contributed by atoms with Crippen LogP contribution >= 0.6 is 0 Å². The maximum Gasteiger partial charge on any atom is 0.416 e. The number of para-hydroxylation sites is 1. The summed E-state index contributed by atoms with van der Waals surface area (Å²) in [6.07, 6.45) is -1.05. The van der Waals surface area contributed by atoms with Crippen LogP contribution in [0, 0.1) is 0 Å². The Kier molecular flexibility index (Phi) is 6.24. The van der Waals surface area contributed by atoms with Crippen molar-refractivity contribution in [2.75, 3.05) is 18.4 Å². The highest BCUT2D eigenvalue weighted by atomic mass is 19.4. The highest BCUT2D eigenvalue weighted by molar-refractivity contribution is 6.13. The van der Waals surface area contributed by atoms with E-state index in [9.17, 15) is 22.8 Å². The van der Waals surface area contributed by atoms with E-state index in [-0.39, 0.29) is 11.9 Å². The number of benzene rings is 2. The average molecular weight is 506 g/mol. The molecule has 1 unspecified atom stereocenters. The molecule has 1 aliphatic heterocycles. The summed E-state index contributed by atoms with van der Waals surface area (Å²) in [4.78, 5) is 31.3. The van der Waals surface area contributed by atoms with Crippen LogP contribution in [0.2, 0.25) is 0 Å².